The van der Waals surface area contributed by atoms with Crippen molar-refractivity contribution in [2.24, 2.45) is 0 Å². The molecule has 0 saturated carbocycles. The Balaban J connectivity index is 3.39. The van der Waals surface area contributed by atoms with Gasteiger partial charge in [-0.25, -0.2) is 0 Å². The molecule has 0 spiro atoms. The Kier molecular flexibility index (Phi) is 10.5. The summed E-state index contributed by atoms with van der Waals surface area (Å²) in [4.78, 5) is 0. The number of allylic oxidation sites excluding steroid dienone is 1. The van der Waals surface area contributed by atoms with Gasteiger partial charge in [-0.3, -0.25) is 0 Å². The van der Waals surface area contributed by atoms with Crippen molar-refractivity contribution >= 4 is 33.3 Å². The van der Waals surface area contributed by atoms with Gasteiger partial charge in [0, 0.05) is 0 Å². The summed E-state index contributed by atoms with van der Waals surface area (Å²) in [5.41, 5.74) is 0. The van der Waals surface area contributed by atoms with Gasteiger partial charge in [0.2, 0.25) is 0 Å². The molecular weight excluding hydrogens is 204 g/mol. The van der Waals surface area contributed by atoms with Crippen molar-refractivity contribution in [3.63, 3.8) is 0 Å². The van der Waals surface area contributed by atoms with Crippen LogP contribution in [0.4, 0.5) is 0 Å². The van der Waals surface area contributed by atoms with Crippen LogP contribution in [0.1, 0.15) is 33.6 Å². The zero-order chi connectivity index (χ0) is 9.23. The third-order valence-corrected chi connectivity index (χ3v) is 6.01. The smallest absolute Gasteiger partial charge is 0.0606 e. The van der Waals surface area contributed by atoms with Crippen LogP contribution in [0.5, 0.6) is 0 Å². The minimum atomic E-state index is 0.770. The van der Waals surface area contributed by atoms with E-state index in [9.17, 15) is 0 Å². The molecule has 0 aliphatic carbocycles. The van der Waals surface area contributed by atoms with Crippen LogP contribution in [0.25, 0.3) is 0 Å². The van der Waals surface area contributed by atoms with Gasteiger partial charge in [-0.1, -0.05) is 41.5 Å². The third kappa shape index (κ3) is 7.44. The van der Waals surface area contributed by atoms with E-state index >= 15 is 0 Å². The molecule has 0 aliphatic rings. The summed E-state index contributed by atoms with van der Waals surface area (Å²) in [6.45, 7) is 6.56. The van der Waals surface area contributed by atoms with Gasteiger partial charge in [0.05, 0.1) is 4.58 Å². The van der Waals surface area contributed by atoms with Crippen molar-refractivity contribution in [1.82, 2.24) is 0 Å². The van der Waals surface area contributed by atoms with Crippen LogP contribution in [0.3, 0.4) is 0 Å². The van der Waals surface area contributed by atoms with Crippen LogP contribution in [0.15, 0.2) is 11.5 Å². The van der Waals surface area contributed by atoms with Gasteiger partial charge in [-0.15, -0.1) is 11.8 Å². The van der Waals surface area contributed by atoms with Crippen molar-refractivity contribution in [1.29, 1.82) is 0 Å². The predicted octanol–water partition coefficient (Wildman–Crippen LogP) is 4.78. The molecule has 0 aromatic carbocycles. The largest absolute Gasteiger partial charge is 0.147 e. The fraction of sp³-hybridized carbons (Fsp3) is 0.778. The first-order valence-corrected chi connectivity index (χ1v) is 7.72. The molecule has 0 N–H and O–H groups in total. The molecule has 0 aliphatic heterocycles. The molecule has 0 aromatic heterocycles. The van der Waals surface area contributed by atoms with Gasteiger partial charge in [0.1, 0.15) is 0 Å². The molecule has 0 amide bonds. The molecule has 72 valence electrons. The number of hydrogen-bond acceptors (Lipinski definition) is 3. The van der Waals surface area contributed by atoms with E-state index in [1.807, 2.05) is 21.6 Å². The fourth-order valence-corrected chi connectivity index (χ4v) is 4.51. The van der Waals surface area contributed by atoms with Crippen molar-refractivity contribution in [2.75, 3.05) is 5.75 Å². The first kappa shape index (κ1) is 12.8. The maximum absolute atomic E-state index is 2.26. The zero-order valence-corrected chi connectivity index (χ0v) is 10.5. The molecule has 0 saturated heterocycles. The standard InChI is InChI=1S/C9H18S3/c1-4-7-10-9(6-3)12-11-8-5-2/h5,8-9H,4,6-7H2,1-3H3. The second kappa shape index (κ2) is 9.87. The topological polar surface area (TPSA) is 0 Å². The normalized spacial score (nSPS) is 13.9. The summed E-state index contributed by atoms with van der Waals surface area (Å²) in [6.07, 6.45) is 4.64. The lowest BCUT2D eigenvalue weighted by atomic mass is 10.6. The number of thioether (sulfide) groups is 1. The molecule has 0 bridgehead atoms. The second-order valence-electron chi connectivity index (χ2n) is 2.37. The van der Waals surface area contributed by atoms with E-state index in [0.717, 1.165) is 4.58 Å². The highest BCUT2D eigenvalue weighted by Crippen LogP contribution is 2.36. The average molecular weight is 222 g/mol. The van der Waals surface area contributed by atoms with E-state index in [2.05, 4.69) is 44.0 Å². The first-order valence-electron chi connectivity index (χ1n) is 4.40. The lowest BCUT2D eigenvalue weighted by Crippen LogP contribution is -1.92. The van der Waals surface area contributed by atoms with Crippen LogP contribution in [-0.4, -0.2) is 10.3 Å². The Bertz CT molecular complexity index is 112. The van der Waals surface area contributed by atoms with Gasteiger partial charge in [-0.05, 0) is 30.9 Å². The van der Waals surface area contributed by atoms with Crippen molar-refractivity contribution in [3.8, 4) is 0 Å². The molecule has 3 heteroatoms. The molecular formula is C9H18S3. The van der Waals surface area contributed by atoms with E-state index < -0.39 is 0 Å². The SMILES string of the molecule is CC=CSSC(CC)SCCC. The molecule has 0 nitrogen and oxygen atoms in total. The second-order valence-corrected chi connectivity index (χ2v) is 6.36. The Morgan fingerprint density at radius 3 is 2.58 bits per heavy atom. The van der Waals surface area contributed by atoms with Crippen LogP contribution in [0, 0.1) is 0 Å². The Morgan fingerprint density at radius 2 is 2.08 bits per heavy atom. The van der Waals surface area contributed by atoms with E-state index in [0.29, 0.717) is 0 Å². The van der Waals surface area contributed by atoms with Crippen molar-refractivity contribution in [3.05, 3.63) is 11.5 Å². The third-order valence-electron chi connectivity index (χ3n) is 1.20. The lowest BCUT2D eigenvalue weighted by Gasteiger charge is -2.10. The molecule has 0 aromatic rings. The van der Waals surface area contributed by atoms with Crippen LogP contribution in [-0.2, 0) is 0 Å². The summed E-state index contributed by atoms with van der Waals surface area (Å²) in [5, 5.41) is 2.15. The van der Waals surface area contributed by atoms with E-state index in [-0.39, 0.29) is 0 Å². The Morgan fingerprint density at radius 1 is 1.33 bits per heavy atom. The van der Waals surface area contributed by atoms with E-state index in [4.69, 9.17) is 0 Å². The minimum Gasteiger partial charge on any atom is -0.147 e. The van der Waals surface area contributed by atoms with Gasteiger partial charge >= 0.3 is 0 Å². The highest BCUT2D eigenvalue weighted by molar-refractivity contribution is 8.79. The quantitative estimate of drug-likeness (QED) is 0.449. The molecule has 0 radical (unpaired) electrons. The number of rotatable bonds is 7. The van der Waals surface area contributed by atoms with Gasteiger partial charge < -0.3 is 0 Å². The lowest BCUT2D eigenvalue weighted by molar-refractivity contribution is 1.04. The predicted molar refractivity (Wildman–Crippen MR) is 66.8 cm³/mol. The molecule has 1 unspecified atom stereocenters. The van der Waals surface area contributed by atoms with E-state index in [1.54, 1.807) is 0 Å². The Hall–Kier alpha value is 0.790. The van der Waals surface area contributed by atoms with Crippen molar-refractivity contribution in [2.45, 2.75) is 38.2 Å². The summed E-state index contributed by atoms with van der Waals surface area (Å²) < 4.78 is 0.770. The highest BCUT2D eigenvalue weighted by atomic mass is 33.1. The summed E-state index contributed by atoms with van der Waals surface area (Å²) in [5.74, 6) is 1.29. The maximum Gasteiger partial charge on any atom is 0.0606 e. The number of hydrogen-bond donors (Lipinski definition) is 0. The van der Waals surface area contributed by atoms with Crippen LogP contribution in [0.2, 0.25) is 0 Å². The molecule has 12 heavy (non-hydrogen) atoms. The van der Waals surface area contributed by atoms with E-state index in [1.165, 1.54) is 18.6 Å². The van der Waals surface area contributed by atoms with Gasteiger partial charge in [0.15, 0.2) is 0 Å². The summed E-state index contributed by atoms with van der Waals surface area (Å²) >= 11 is 2.08. The molecule has 0 rings (SSSR count). The first-order chi connectivity index (χ1) is 5.85. The highest BCUT2D eigenvalue weighted by Gasteiger charge is 2.05. The molecule has 0 heterocycles. The van der Waals surface area contributed by atoms with Crippen LogP contribution >= 0.6 is 33.3 Å². The minimum absolute atomic E-state index is 0.770. The van der Waals surface area contributed by atoms with Gasteiger partial charge in [0.25, 0.3) is 0 Å². The average Bonchev–Trinajstić information content (AvgIpc) is 2.11. The Labute approximate surface area is 88.7 Å². The van der Waals surface area contributed by atoms with Gasteiger partial charge in [-0.2, -0.15) is 0 Å². The molecule has 1 atom stereocenters. The molecule has 0 fully saturated rings. The maximum atomic E-state index is 2.26. The summed E-state index contributed by atoms with van der Waals surface area (Å²) in [6, 6.07) is 0. The zero-order valence-electron chi connectivity index (χ0n) is 8.08. The fourth-order valence-electron chi connectivity index (χ4n) is 0.613. The monoisotopic (exact) mass is 222 g/mol. The van der Waals surface area contributed by atoms with Crippen molar-refractivity contribution < 1.29 is 0 Å². The van der Waals surface area contributed by atoms with Crippen LogP contribution < -0.4 is 0 Å². The summed E-state index contributed by atoms with van der Waals surface area (Å²) in [7, 11) is 3.83.